The van der Waals surface area contributed by atoms with E-state index in [0.29, 0.717) is 5.92 Å². The molecule has 20 heavy (non-hydrogen) atoms. The smallest absolute Gasteiger partial charge is 0.238 e. The van der Waals surface area contributed by atoms with Gasteiger partial charge in [-0.1, -0.05) is 30.3 Å². The molecule has 1 aromatic rings. The summed E-state index contributed by atoms with van der Waals surface area (Å²) in [7, 11) is 1.85. The van der Waals surface area contributed by atoms with E-state index in [2.05, 4.69) is 29.2 Å². The molecular formula is C16H25N3O. The van der Waals surface area contributed by atoms with Crippen LogP contribution in [0.3, 0.4) is 0 Å². The molecule has 1 aromatic carbocycles. The molecule has 2 N–H and O–H groups in total. The summed E-state index contributed by atoms with van der Waals surface area (Å²) in [5, 5.41) is 0. The maximum Gasteiger partial charge on any atom is 0.238 e. The molecule has 0 bridgehead atoms. The molecule has 1 amide bonds. The lowest BCUT2D eigenvalue weighted by Crippen LogP contribution is -2.42. The van der Waals surface area contributed by atoms with E-state index in [0.717, 1.165) is 32.6 Å². The van der Waals surface area contributed by atoms with Gasteiger partial charge in [0.25, 0.3) is 0 Å². The van der Waals surface area contributed by atoms with E-state index in [9.17, 15) is 4.79 Å². The van der Waals surface area contributed by atoms with Gasteiger partial charge >= 0.3 is 0 Å². The van der Waals surface area contributed by atoms with Crippen LogP contribution in [0.1, 0.15) is 18.9 Å². The fourth-order valence-corrected chi connectivity index (χ4v) is 2.87. The summed E-state index contributed by atoms with van der Waals surface area (Å²) in [6, 6.07) is 10.1. The maximum atomic E-state index is 11.8. The number of hydrogen-bond donors (Lipinski definition) is 1. The molecule has 1 fully saturated rings. The van der Waals surface area contributed by atoms with E-state index < -0.39 is 6.04 Å². The van der Waals surface area contributed by atoms with Crippen molar-refractivity contribution in [3.05, 3.63) is 35.9 Å². The van der Waals surface area contributed by atoms with Gasteiger partial charge in [-0.05, 0) is 31.4 Å². The van der Waals surface area contributed by atoms with Gasteiger partial charge in [-0.3, -0.25) is 9.69 Å². The maximum absolute atomic E-state index is 11.8. The van der Waals surface area contributed by atoms with Crippen LogP contribution in [0.2, 0.25) is 0 Å². The van der Waals surface area contributed by atoms with Crippen LogP contribution in [0.4, 0.5) is 0 Å². The summed E-state index contributed by atoms with van der Waals surface area (Å²) in [6.45, 7) is 5.73. The molecule has 0 radical (unpaired) electrons. The normalized spacial score (nSPS) is 20.9. The van der Waals surface area contributed by atoms with Crippen LogP contribution in [-0.4, -0.2) is 48.4 Å². The number of hydrogen-bond acceptors (Lipinski definition) is 3. The molecule has 110 valence electrons. The lowest BCUT2D eigenvalue weighted by molar-refractivity contribution is -0.131. The SMILES string of the molecule is C[C@H](N)C(=O)N(C)CC1CCN(Cc2ccccc2)C1. The zero-order valence-electron chi connectivity index (χ0n) is 12.5. The summed E-state index contributed by atoms with van der Waals surface area (Å²) in [6.07, 6.45) is 1.16. The van der Waals surface area contributed by atoms with Crippen molar-refractivity contribution in [1.29, 1.82) is 0 Å². The van der Waals surface area contributed by atoms with Crippen LogP contribution in [-0.2, 0) is 11.3 Å². The third kappa shape index (κ3) is 4.05. The first-order valence-corrected chi connectivity index (χ1v) is 7.33. The van der Waals surface area contributed by atoms with Crippen molar-refractivity contribution in [2.45, 2.75) is 25.9 Å². The molecule has 1 unspecified atom stereocenters. The molecule has 2 atom stereocenters. The highest BCUT2D eigenvalue weighted by Gasteiger charge is 2.25. The summed E-state index contributed by atoms with van der Waals surface area (Å²) in [5.74, 6) is 0.595. The summed E-state index contributed by atoms with van der Waals surface area (Å²) < 4.78 is 0. The van der Waals surface area contributed by atoms with Crippen LogP contribution in [0.15, 0.2) is 30.3 Å². The first-order chi connectivity index (χ1) is 9.56. The molecule has 1 aliphatic rings. The van der Waals surface area contributed by atoms with E-state index in [1.165, 1.54) is 5.56 Å². The highest BCUT2D eigenvalue weighted by atomic mass is 16.2. The quantitative estimate of drug-likeness (QED) is 0.881. The number of likely N-dealkylation sites (N-methyl/N-ethyl adjacent to an activating group) is 1. The topological polar surface area (TPSA) is 49.6 Å². The van der Waals surface area contributed by atoms with Crippen LogP contribution in [0.5, 0.6) is 0 Å². The Morgan fingerprint density at radius 1 is 1.45 bits per heavy atom. The van der Waals surface area contributed by atoms with Crippen molar-refractivity contribution in [2.24, 2.45) is 11.7 Å². The number of carbonyl (C=O) groups is 1. The lowest BCUT2D eigenvalue weighted by atomic mass is 10.1. The standard InChI is InChI=1S/C16H25N3O/c1-13(17)16(20)18(2)10-15-8-9-19(12-15)11-14-6-4-3-5-7-14/h3-7,13,15H,8-12,17H2,1-2H3/t13-,15?/m0/s1. The predicted octanol–water partition coefficient (Wildman–Crippen LogP) is 1.31. The van der Waals surface area contributed by atoms with E-state index in [1.807, 2.05) is 13.1 Å². The van der Waals surface area contributed by atoms with Crippen molar-refractivity contribution in [1.82, 2.24) is 9.80 Å². The van der Waals surface area contributed by atoms with Gasteiger partial charge in [-0.15, -0.1) is 0 Å². The van der Waals surface area contributed by atoms with Gasteiger partial charge in [0.2, 0.25) is 5.91 Å². The van der Waals surface area contributed by atoms with E-state index in [-0.39, 0.29) is 5.91 Å². The minimum Gasteiger partial charge on any atom is -0.344 e. The summed E-state index contributed by atoms with van der Waals surface area (Å²) in [5.41, 5.74) is 6.99. The Morgan fingerprint density at radius 2 is 2.15 bits per heavy atom. The Labute approximate surface area is 121 Å². The van der Waals surface area contributed by atoms with Gasteiger partial charge in [0.15, 0.2) is 0 Å². The molecule has 0 spiro atoms. The zero-order chi connectivity index (χ0) is 14.5. The monoisotopic (exact) mass is 275 g/mol. The molecule has 1 heterocycles. The third-order valence-electron chi connectivity index (χ3n) is 3.92. The average Bonchev–Trinajstić information content (AvgIpc) is 2.86. The summed E-state index contributed by atoms with van der Waals surface area (Å²) in [4.78, 5) is 16.0. The summed E-state index contributed by atoms with van der Waals surface area (Å²) >= 11 is 0. The van der Waals surface area contributed by atoms with Crippen molar-refractivity contribution in [2.75, 3.05) is 26.7 Å². The van der Waals surface area contributed by atoms with Gasteiger partial charge < -0.3 is 10.6 Å². The first-order valence-electron chi connectivity index (χ1n) is 7.33. The van der Waals surface area contributed by atoms with Gasteiger partial charge in [-0.2, -0.15) is 0 Å². The highest BCUT2D eigenvalue weighted by molar-refractivity contribution is 5.80. The van der Waals surface area contributed by atoms with E-state index >= 15 is 0 Å². The minimum atomic E-state index is -0.401. The molecule has 4 nitrogen and oxygen atoms in total. The highest BCUT2D eigenvalue weighted by Crippen LogP contribution is 2.19. The Morgan fingerprint density at radius 3 is 2.80 bits per heavy atom. The Bertz CT molecular complexity index is 433. The van der Waals surface area contributed by atoms with E-state index in [4.69, 9.17) is 5.73 Å². The Hall–Kier alpha value is -1.39. The average molecular weight is 275 g/mol. The molecule has 2 rings (SSSR count). The number of likely N-dealkylation sites (tertiary alicyclic amines) is 1. The molecule has 0 saturated carbocycles. The molecular weight excluding hydrogens is 250 g/mol. The van der Waals surface area contributed by atoms with Gasteiger partial charge in [0.05, 0.1) is 6.04 Å². The van der Waals surface area contributed by atoms with Crippen molar-refractivity contribution < 1.29 is 4.79 Å². The van der Waals surface area contributed by atoms with Gasteiger partial charge in [-0.25, -0.2) is 0 Å². The third-order valence-corrected chi connectivity index (χ3v) is 3.92. The molecule has 0 aromatic heterocycles. The Balaban J connectivity index is 1.79. The second kappa shape index (κ2) is 6.86. The second-order valence-corrected chi connectivity index (χ2v) is 5.88. The van der Waals surface area contributed by atoms with Crippen molar-refractivity contribution >= 4 is 5.91 Å². The second-order valence-electron chi connectivity index (χ2n) is 5.88. The fraction of sp³-hybridized carbons (Fsp3) is 0.562. The molecule has 4 heteroatoms. The van der Waals surface area contributed by atoms with Crippen LogP contribution in [0.25, 0.3) is 0 Å². The lowest BCUT2D eigenvalue weighted by Gasteiger charge is -2.23. The number of nitrogens with zero attached hydrogens (tertiary/aromatic N) is 2. The van der Waals surface area contributed by atoms with Crippen molar-refractivity contribution in [3.63, 3.8) is 0 Å². The fourth-order valence-electron chi connectivity index (χ4n) is 2.87. The number of nitrogens with two attached hydrogens (primary N) is 1. The van der Waals surface area contributed by atoms with Gasteiger partial charge in [0, 0.05) is 26.7 Å². The van der Waals surface area contributed by atoms with Crippen LogP contribution in [0, 0.1) is 5.92 Å². The van der Waals surface area contributed by atoms with Gasteiger partial charge in [0.1, 0.15) is 0 Å². The predicted molar refractivity (Wildman–Crippen MR) is 81.1 cm³/mol. The minimum absolute atomic E-state index is 0.0338. The Kier molecular flexibility index (Phi) is 5.15. The molecule has 1 saturated heterocycles. The zero-order valence-corrected chi connectivity index (χ0v) is 12.5. The first kappa shape index (κ1) is 15.0. The number of carbonyl (C=O) groups excluding carboxylic acids is 1. The van der Waals surface area contributed by atoms with Crippen LogP contribution >= 0.6 is 0 Å². The molecule has 0 aliphatic carbocycles. The largest absolute Gasteiger partial charge is 0.344 e. The number of benzene rings is 1. The van der Waals surface area contributed by atoms with E-state index in [1.54, 1.807) is 11.8 Å². The molecule has 1 aliphatic heterocycles. The van der Waals surface area contributed by atoms with Crippen LogP contribution < -0.4 is 5.73 Å². The van der Waals surface area contributed by atoms with Crippen molar-refractivity contribution in [3.8, 4) is 0 Å². The number of amides is 1. The number of rotatable bonds is 5.